The molecule has 1 aromatic rings. The molecule has 0 heterocycles. The van der Waals surface area contributed by atoms with E-state index >= 15 is 0 Å². The highest BCUT2D eigenvalue weighted by Gasteiger charge is 2.03. The Morgan fingerprint density at radius 1 is 1.36 bits per heavy atom. The molecule has 58 valence electrons. The van der Waals surface area contributed by atoms with E-state index in [0.717, 1.165) is 18.2 Å². The molecule has 0 fully saturated rings. The van der Waals surface area contributed by atoms with Crippen LogP contribution in [0.25, 0.3) is 0 Å². The first-order valence-electron chi connectivity index (χ1n) is 2.79. The van der Waals surface area contributed by atoms with Gasteiger partial charge in [-0.2, -0.15) is 0 Å². The summed E-state index contributed by atoms with van der Waals surface area (Å²) in [5.74, 6) is -1.82. The Bertz CT molecular complexity index is 273. The monoisotopic (exact) mass is 158 g/mol. The number of benzene rings is 1. The summed E-state index contributed by atoms with van der Waals surface area (Å²) in [5.41, 5.74) is 0. The first-order chi connectivity index (χ1) is 5.24. The van der Waals surface area contributed by atoms with Crippen molar-refractivity contribution in [3.8, 4) is 5.75 Å². The van der Waals surface area contributed by atoms with Crippen LogP contribution < -0.4 is 4.74 Å². The number of carbonyl (C=O) groups is 1. The van der Waals surface area contributed by atoms with Gasteiger partial charge in [0, 0.05) is 6.07 Å². The third-order valence-electron chi connectivity index (χ3n) is 1.07. The minimum absolute atomic E-state index is 0.0395. The third kappa shape index (κ3) is 1.73. The largest absolute Gasteiger partial charge is 0.426 e. The van der Waals surface area contributed by atoms with Crippen LogP contribution in [0.4, 0.5) is 8.78 Å². The molecule has 0 spiro atoms. The van der Waals surface area contributed by atoms with Gasteiger partial charge >= 0.3 is 0 Å². The predicted octanol–water partition coefficient (Wildman–Crippen LogP) is 1.50. The van der Waals surface area contributed by atoms with E-state index in [2.05, 4.69) is 4.74 Å². The Kier molecular flexibility index (Phi) is 2.15. The Morgan fingerprint density at radius 2 is 2.09 bits per heavy atom. The molecule has 0 bridgehead atoms. The lowest BCUT2D eigenvalue weighted by atomic mass is 10.3. The van der Waals surface area contributed by atoms with Gasteiger partial charge in [0.25, 0.3) is 6.47 Å². The summed E-state index contributed by atoms with van der Waals surface area (Å²) in [6.07, 6.45) is 0. The normalized spacial score (nSPS) is 9.27. The molecule has 0 aliphatic carbocycles. The van der Waals surface area contributed by atoms with Gasteiger partial charge in [0.2, 0.25) is 0 Å². The molecular weight excluding hydrogens is 154 g/mol. The number of rotatable bonds is 2. The Labute approximate surface area is 61.4 Å². The van der Waals surface area contributed by atoms with Gasteiger partial charge in [-0.3, -0.25) is 4.79 Å². The van der Waals surface area contributed by atoms with Crippen molar-refractivity contribution < 1.29 is 18.3 Å². The van der Waals surface area contributed by atoms with Crippen LogP contribution in [-0.4, -0.2) is 6.47 Å². The van der Waals surface area contributed by atoms with Gasteiger partial charge in [0.15, 0.2) is 11.6 Å². The number of hydrogen-bond acceptors (Lipinski definition) is 2. The highest BCUT2D eigenvalue weighted by Crippen LogP contribution is 2.16. The standard InChI is InChI=1S/C7H4F2O2/c8-5-1-2-6(9)7(3-5)11-4-10/h1-4H. The molecule has 0 saturated heterocycles. The second-order valence-corrected chi connectivity index (χ2v) is 1.79. The molecule has 4 heteroatoms. The fraction of sp³-hybridized carbons (Fsp3) is 0. The van der Waals surface area contributed by atoms with Crippen molar-refractivity contribution >= 4 is 6.47 Å². The Morgan fingerprint density at radius 3 is 2.73 bits per heavy atom. The van der Waals surface area contributed by atoms with E-state index in [9.17, 15) is 13.6 Å². The average molecular weight is 158 g/mol. The van der Waals surface area contributed by atoms with E-state index in [4.69, 9.17) is 0 Å². The number of halogens is 2. The van der Waals surface area contributed by atoms with E-state index in [-0.39, 0.29) is 6.47 Å². The summed E-state index contributed by atoms with van der Waals surface area (Å²) in [4.78, 5) is 9.73. The van der Waals surface area contributed by atoms with Crippen LogP contribution in [0.2, 0.25) is 0 Å². The van der Waals surface area contributed by atoms with Crippen LogP contribution in [0.3, 0.4) is 0 Å². The SMILES string of the molecule is O=COc1cc(F)ccc1F. The van der Waals surface area contributed by atoms with Gasteiger partial charge in [-0.1, -0.05) is 0 Å². The second-order valence-electron chi connectivity index (χ2n) is 1.79. The molecule has 0 unspecified atom stereocenters. The molecule has 0 saturated carbocycles. The molecule has 0 amide bonds. The summed E-state index contributed by atoms with van der Waals surface area (Å²) in [6, 6.07) is 2.62. The van der Waals surface area contributed by atoms with E-state index in [1.54, 1.807) is 0 Å². The first kappa shape index (κ1) is 7.65. The van der Waals surface area contributed by atoms with Crippen molar-refractivity contribution in [2.45, 2.75) is 0 Å². The predicted molar refractivity (Wildman–Crippen MR) is 33.1 cm³/mol. The van der Waals surface area contributed by atoms with Gasteiger partial charge in [-0.25, -0.2) is 8.78 Å². The summed E-state index contributed by atoms with van der Waals surface area (Å²) >= 11 is 0. The Balaban J connectivity index is 3.01. The fourth-order valence-corrected chi connectivity index (χ4v) is 0.619. The minimum Gasteiger partial charge on any atom is -0.426 e. The lowest BCUT2D eigenvalue weighted by Gasteiger charge is -1.97. The van der Waals surface area contributed by atoms with Crippen LogP contribution in [0.15, 0.2) is 18.2 Å². The highest BCUT2D eigenvalue weighted by atomic mass is 19.1. The molecule has 11 heavy (non-hydrogen) atoms. The van der Waals surface area contributed by atoms with Crippen LogP contribution in [0.5, 0.6) is 5.75 Å². The lowest BCUT2D eigenvalue weighted by molar-refractivity contribution is -0.120. The maximum atomic E-state index is 12.5. The van der Waals surface area contributed by atoms with Crippen molar-refractivity contribution in [1.82, 2.24) is 0 Å². The molecule has 0 N–H and O–H groups in total. The fourth-order valence-electron chi connectivity index (χ4n) is 0.619. The summed E-state index contributed by atoms with van der Waals surface area (Å²) < 4.78 is 28.9. The molecule has 0 aliphatic rings. The van der Waals surface area contributed by atoms with E-state index in [0.29, 0.717) is 0 Å². The summed E-state index contributed by atoms with van der Waals surface area (Å²) in [5, 5.41) is 0. The number of carbonyl (C=O) groups excluding carboxylic acids is 1. The van der Waals surface area contributed by atoms with Crippen LogP contribution in [-0.2, 0) is 4.79 Å². The zero-order valence-electron chi connectivity index (χ0n) is 5.38. The zero-order chi connectivity index (χ0) is 8.27. The van der Waals surface area contributed by atoms with Gasteiger partial charge in [0.1, 0.15) is 5.82 Å². The highest BCUT2D eigenvalue weighted by molar-refractivity contribution is 5.45. The molecule has 2 nitrogen and oxygen atoms in total. The minimum atomic E-state index is -0.765. The maximum Gasteiger partial charge on any atom is 0.298 e. The number of ether oxygens (including phenoxy) is 1. The topological polar surface area (TPSA) is 26.3 Å². The lowest BCUT2D eigenvalue weighted by Crippen LogP contribution is -1.92. The van der Waals surface area contributed by atoms with Crippen LogP contribution >= 0.6 is 0 Å². The van der Waals surface area contributed by atoms with Gasteiger partial charge in [-0.05, 0) is 12.1 Å². The molecular formula is C7H4F2O2. The van der Waals surface area contributed by atoms with Gasteiger partial charge in [-0.15, -0.1) is 0 Å². The van der Waals surface area contributed by atoms with E-state index in [1.165, 1.54) is 0 Å². The van der Waals surface area contributed by atoms with E-state index in [1.807, 2.05) is 0 Å². The van der Waals surface area contributed by atoms with Crippen molar-refractivity contribution in [2.75, 3.05) is 0 Å². The van der Waals surface area contributed by atoms with Crippen molar-refractivity contribution in [2.24, 2.45) is 0 Å². The smallest absolute Gasteiger partial charge is 0.298 e. The molecule has 1 rings (SSSR count). The second kappa shape index (κ2) is 3.09. The van der Waals surface area contributed by atoms with Crippen molar-refractivity contribution in [3.63, 3.8) is 0 Å². The van der Waals surface area contributed by atoms with E-state index < -0.39 is 17.4 Å². The molecule has 0 radical (unpaired) electrons. The third-order valence-corrected chi connectivity index (χ3v) is 1.07. The van der Waals surface area contributed by atoms with Gasteiger partial charge < -0.3 is 4.74 Å². The average Bonchev–Trinajstić information content (AvgIpc) is 1.98. The zero-order valence-corrected chi connectivity index (χ0v) is 5.38. The van der Waals surface area contributed by atoms with Gasteiger partial charge in [0.05, 0.1) is 0 Å². The maximum absolute atomic E-state index is 12.5. The quantitative estimate of drug-likeness (QED) is 0.609. The molecule has 0 aliphatic heterocycles. The summed E-state index contributed by atoms with van der Waals surface area (Å²) in [6.45, 7) is 0.0395. The van der Waals surface area contributed by atoms with Crippen molar-refractivity contribution in [1.29, 1.82) is 0 Å². The first-order valence-corrected chi connectivity index (χ1v) is 2.79. The van der Waals surface area contributed by atoms with Crippen molar-refractivity contribution in [3.05, 3.63) is 29.8 Å². The summed E-state index contributed by atoms with van der Waals surface area (Å²) in [7, 11) is 0. The molecule has 0 aromatic heterocycles. The molecule has 1 aromatic carbocycles. The Hall–Kier alpha value is -1.45. The van der Waals surface area contributed by atoms with Crippen LogP contribution in [0.1, 0.15) is 0 Å². The number of hydrogen-bond donors (Lipinski definition) is 0. The van der Waals surface area contributed by atoms with Crippen LogP contribution in [0, 0.1) is 11.6 Å². The molecule has 0 atom stereocenters.